The van der Waals surface area contributed by atoms with Crippen LogP contribution in [0.4, 0.5) is 0 Å². The van der Waals surface area contributed by atoms with Crippen molar-refractivity contribution in [1.29, 1.82) is 0 Å². The maximum absolute atomic E-state index is 5.07. The number of rotatable bonds is 0. The zero-order valence-electron chi connectivity index (χ0n) is 5.96. The Morgan fingerprint density at radius 3 is 2.70 bits per heavy atom. The van der Waals surface area contributed by atoms with E-state index >= 15 is 0 Å². The molecule has 0 aliphatic rings. The van der Waals surface area contributed by atoms with Crippen molar-refractivity contribution in [2.45, 2.75) is 11.8 Å². The van der Waals surface area contributed by atoms with Crippen LogP contribution >= 0.6 is 24.8 Å². The van der Waals surface area contributed by atoms with E-state index in [2.05, 4.69) is 12.6 Å². The Labute approximate surface area is 71.1 Å². The fourth-order valence-corrected chi connectivity index (χ4v) is 1.16. The number of aryl methyl sites for hydroxylation is 2. The fourth-order valence-electron chi connectivity index (χ4n) is 0.706. The molecule has 0 bridgehead atoms. The predicted molar refractivity (Wildman–Crippen MR) is 48.2 cm³/mol. The van der Waals surface area contributed by atoms with Crippen LogP contribution in [-0.4, -0.2) is 4.57 Å². The molecule has 0 amide bonds. The molecule has 0 saturated heterocycles. The van der Waals surface area contributed by atoms with E-state index in [0.29, 0.717) is 0 Å². The molecule has 0 aliphatic heterocycles. The average molecular weight is 171 g/mol. The number of nitrogens with zero attached hydrogens (tertiary/aromatic N) is 1. The smallest absolute Gasteiger partial charge is 0.119 e. The first-order valence-electron chi connectivity index (χ1n) is 2.98. The molecular weight excluding hydrogens is 162 g/mol. The Morgan fingerprint density at radius 2 is 2.20 bits per heavy atom. The van der Waals surface area contributed by atoms with Crippen LogP contribution in [0.25, 0.3) is 0 Å². The highest BCUT2D eigenvalue weighted by Crippen LogP contribution is 2.12. The Hall–Kier alpha value is -0.280. The predicted octanol–water partition coefficient (Wildman–Crippen LogP) is 2.35. The van der Waals surface area contributed by atoms with Crippen LogP contribution in [0.15, 0.2) is 17.2 Å². The Balaban J connectivity index is 3.50. The van der Waals surface area contributed by atoms with Gasteiger partial charge in [0.2, 0.25) is 0 Å². The molecule has 1 heterocycles. The third-order valence-electron chi connectivity index (χ3n) is 1.44. The highest BCUT2D eigenvalue weighted by atomic mass is 32.1. The summed E-state index contributed by atoms with van der Waals surface area (Å²) in [5.41, 5.74) is 1.13. The summed E-state index contributed by atoms with van der Waals surface area (Å²) >= 11 is 9.32. The average Bonchev–Trinajstić information content (AvgIpc) is 1.93. The number of thiol groups is 1. The summed E-state index contributed by atoms with van der Waals surface area (Å²) < 4.78 is 2.67. The number of hydrogen-bond donors (Lipinski definition) is 1. The lowest BCUT2D eigenvalue weighted by Crippen LogP contribution is -1.92. The van der Waals surface area contributed by atoms with E-state index in [0.717, 1.165) is 15.1 Å². The van der Waals surface area contributed by atoms with Gasteiger partial charge in [0.05, 0.1) is 0 Å². The van der Waals surface area contributed by atoms with E-state index in [9.17, 15) is 0 Å². The molecule has 1 rings (SSSR count). The van der Waals surface area contributed by atoms with Gasteiger partial charge in [0.15, 0.2) is 0 Å². The highest BCUT2D eigenvalue weighted by molar-refractivity contribution is 7.81. The molecule has 0 N–H and O–H groups in total. The van der Waals surface area contributed by atoms with Crippen molar-refractivity contribution in [3.05, 3.63) is 22.5 Å². The van der Waals surface area contributed by atoms with Crippen molar-refractivity contribution in [2.75, 3.05) is 0 Å². The Morgan fingerprint density at radius 1 is 1.60 bits per heavy atom. The third kappa shape index (κ3) is 1.25. The lowest BCUT2D eigenvalue weighted by Gasteiger charge is -2.02. The first kappa shape index (κ1) is 7.82. The molecule has 10 heavy (non-hydrogen) atoms. The summed E-state index contributed by atoms with van der Waals surface area (Å²) in [6.07, 6.45) is 1.94. The lowest BCUT2D eigenvalue weighted by molar-refractivity contribution is 0.856. The molecule has 1 nitrogen and oxygen atoms in total. The molecule has 0 aromatic carbocycles. The second kappa shape index (κ2) is 2.76. The van der Waals surface area contributed by atoms with Crippen LogP contribution < -0.4 is 0 Å². The largest absolute Gasteiger partial charge is 0.341 e. The first-order chi connectivity index (χ1) is 4.63. The molecular formula is C7H9NS2. The standard InChI is InChI=1S/C7H9NS2/c1-5-3-4-8(2)7(10)6(5)9/h3-4,9H,1-2H3. The van der Waals surface area contributed by atoms with Crippen LogP contribution in [0.1, 0.15) is 5.56 Å². The van der Waals surface area contributed by atoms with Crippen molar-refractivity contribution >= 4 is 24.8 Å². The number of aromatic nitrogens is 1. The van der Waals surface area contributed by atoms with E-state index in [1.54, 1.807) is 0 Å². The molecule has 3 heteroatoms. The molecule has 0 radical (unpaired) electrons. The Kier molecular flexibility index (Phi) is 2.16. The molecule has 1 aromatic heterocycles. The van der Waals surface area contributed by atoms with E-state index in [-0.39, 0.29) is 0 Å². The van der Waals surface area contributed by atoms with Crippen molar-refractivity contribution < 1.29 is 0 Å². The molecule has 0 aliphatic carbocycles. The molecule has 0 spiro atoms. The third-order valence-corrected chi connectivity index (χ3v) is 2.65. The summed E-state index contributed by atoms with van der Waals surface area (Å²) in [5, 5.41) is 0. The van der Waals surface area contributed by atoms with Crippen LogP contribution in [0.2, 0.25) is 0 Å². The monoisotopic (exact) mass is 171 g/mol. The highest BCUT2D eigenvalue weighted by Gasteiger charge is 1.94. The summed E-state index contributed by atoms with van der Waals surface area (Å²) in [6.45, 7) is 2.00. The first-order valence-corrected chi connectivity index (χ1v) is 3.83. The van der Waals surface area contributed by atoms with E-state index in [1.807, 2.05) is 30.8 Å². The van der Waals surface area contributed by atoms with Gasteiger partial charge in [0, 0.05) is 18.1 Å². The zero-order valence-corrected chi connectivity index (χ0v) is 7.67. The van der Waals surface area contributed by atoms with E-state index in [1.165, 1.54) is 0 Å². The second-order valence-corrected chi connectivity index (χ2v) is 3.10. The topological polar surface area (TPSA) is 4.93 Å². The van der Waals surface area contributed by atoms with Crippen LogP contribution in [-0.2, 0) is 7.05 Å². The van der Waals surface area contributed by atoms with Gasteiger partial charge in [-0.2, -0.15) is 0 Å². The van der Waals surface area contributed by atoms with Gasteiger partial charge in [-0.15, -0.1) is 12.6 Å². The van der Waals surface area contributed by atoms with E-state index in [4.69, 9.17) is 12.2 Å². The van der Waals surface area contributed by atoms with Gasteiger partial charge in [-0.05, 0) is 18.6 Å². The van der Waals surface area contributed by atoms with Crippen LogP contribution in [0.3, 0.4) is 0 Å². The van der Waals surface area contributed by atoms with Crippen molar-refractivity contribution in [1.82, 2.24) is 4.57 Å². The zero-order chi connectivity index (χ0) is 7.72. The molecule has 0 atom stereocenters. The van der Waals surface area contributed by atoms with Gasteiger partial charge >= 0.3 is 0 Å². The van der Waals surface area contributed by atoms with Crippen LogP contribution in [0.5, 0.6) is 0 Å². The van der Waals surface area contributed by atoms with Gasteiger partial charge in [-0.1, -0.05) is 12.2 Å². The quantitative estimate of drug-likeness (QED) is 0.464. The summed E-state index contributed by atoms with van der Waals surface area (Å²) in [6, 6.07) is 2.00. The lowest BCUT2D eigenvalue weighted by atomic mass is 10.3. The summed E-state index contributed by atoms with van der Waals surface area (Å²) in [7, 11) is 1.92. The number of pyridine rings is 1. The normalized spacial score (nSPS) is 9.90. The number of hydrogen-bond acceptors (Lipinski definition) is 2. The van der Waals surface area contributed by atoms with Crippen molar-refractivity contribution in [3.63, 3.8) is 0 Å². The molecule has 54 valence electrons. The van der Waals surface area contributed by atoms with Crippen LogP contribution in [0, 0.1) is 11.6 Å². The SMILES string of the molecule is Cc1ccn(C)c(=S)c1S. The minimum absolute atomic E-state index is 0.795. The maximum atomic E-state index is 5.07. The van der Waals surface area contributed by atoms with Crippen molar-refractivity contribution in [3.8, 4) is 0 Å². The minimum Gasteiger partial charge on any atom is -0.341 e. The summed E-state index contributed by atoms with van der Waals surface area (Å²) in [4.78, 5) is 0.903. The van der Waals surface area contributed by atoms with Crippen molar-refractivity contribution in [2.24, 2.45) is 7.05 Å². The Bertz CT molecular complexity index is 301. The summed E-state index contributed by atoms with van der Waals surface area (Å²) in [5.74, 6) is 0. The fraction of sp³-hybridized carbons (Fsp3) is 0.286. The minimum atomic E-state index is 0.795. The van der Waals surface area contributed by atoms with Gasteiger partial charge in [0.25, 0.3) is 0 Å². The van der Waals surface area contributed by atoms with Gasteiger partial charge in [-0.25, -0.2) is 0 Å². The van der Waals surface area contributed by atoms with Gasteiger partial charge in [0.1, 0.15) is 4.64 Å². The maximum Gasteiger partial charge on any atom is 0.119 e. The molecule has 0 saturated carbocycles. The van der Waals surface area contributed by atoms with E-state index < -0.39 is 0 Å². The van der Waals surface area contributed by atoms with Gasteiger partial charge < -0.3 is 4.57 Å². The molecule has 0 fully saturated rings. The molecule has 1 aromatic rings. The van der Waals surface area contributed by atoms with Gasteiger partial charge in [-0.3, -0.25) is 0 Å². The second-order valence-electron chi connectivity index (χ2n) is 2.26. The molecule has 0 unspecified atom stereocenters.